The van der Waals surface area contributed by atoms with Crippen LogP contribution in [0.4, 0.5) is 13.2 Å². The first-order valence-corrected chi connectivity index (χ1v) is 9.19. The lowest BCUT2D eigenvalue weighted by atomic mass is 10.1. The molecule has 0 unspecified atom stereocenters. The number of amides is 1. The van der Waals surface area contributed by atoms with E-state index in [1.54, 1.807) is 0 Å². The van der Waals surface area contributed by atoms with Gasteiger partial charge in [-0.15, -0.1) is 0 Å². The number of benzene rings is 1. The summed E-state index contributed by atoms with van der Waals surface area (Å²) in [5, 5.41) is 2.44. The average Bonchev–Trinajstić information content (AvgIpc) is 2.83. The van der Waals surface area contributed by atoms with Crippen molar-refractivity contribution in [3.05, 3.63) is 35.4 Å². The molecule has 1 aliphatic heterocycles. The smallest absolute Gasteiger partial charge is 0.416 e. The van der Waals surface area contributed by atoms with Crippen LogP contribution in [-0.2, 0) is 36.8 Å². The summed E-state index contributed by atoms with van der Waals surface area (Å²) in [5.41, 5.74) is -0.764. The average molecular weight is 379 g/mol. The van der Waals surface area contributed by atoms with Gasteiger partial charge in [0.25, 0.3) is 5.91 Å². The van der Waals surface area contributed by atoms with Gasteiger partial charge in [-0.1, -0.05) is 18.2 Å². The molecule has 1 heterocycles. The summed E-state index contributed by atoms with van der Waals surface area (Å²) in [6.45, 7) is -0.617. The van der Waals surface area contributed by atoms with Gasteiger partial charge < -0.3 is 10.1 Å². The molecular formula is C15H16F3NO5S. The molecule has 1 aliphatic rings. The van der Waals surface area contributed by atoms with Crippen LogP contribution in [0.3, 0.4) is 0 Å². The Hall–Kier alpha value is -2.10. The van der Waals surface area contributed by atoms with Crippen LogP contribution in [0, 0.1) is 0 Å². The lowest BCUT2D eigenvalue weighted by Gasteiger charge is -2.11. The van der Waals surface area contributed by atoms with Gasteiger partial charge in [-0.05, 0) is 18.1 Å². The number of ether oxygens (including phenoxy) is 1. The van der Waals surface area contributed by atoms with E-state index in [-0.39, 0.29) is 17.1 Å². The molecule has 1 aromatic carbocycles. The fourth-order valence-corrected chi connectivity index (χ4v) is 4.07. The quantitative estimate of drug-likeness (QED) is 0.774. The van der Waals surface area contributed by atoms with Gasteiger partial charge in [0.2, 0.25) is 0 Å². The van der Waals surface area contributed by atoms with E-state index in [0.717, 1.165) is 12.1 Å². The van der Waals surface area contributed by atoms with E-state index >= 15 is 0 Å². The Morgan fingerprint density at radius 2 is 2.00 bits per heavy atom. The van der Waals surface area contributed by atoms with E-state index < -0.39 is 52.5 Å². The van der Waals surface area contributed by atoms with E-state index in [1.807, 2.05) is 0 Å². The van der Waals surface area contributed by atoms with Gasteiger partial charge in [-0.2, -0.15) is 13.2 Å². The van der Waals surface area contributed by atoms with Gasteiger partial charge >= 0.3 is 12.1 Å². The van der Waals surface area contributed by atoms with Crippen molar-refractivity contribution in [2.24, 2.45) is 0 Å². The largest absolute Gasteiger partial charge is 0.455 e. The van der Waals surface area contributed by atoms with Crippen molar-refractivity contribution in [2.45, 2.75) is 25.1 Å². The number of alkyl halides is 3. The number of carbonyl (C=O) groups excluding carboxylic acids is 2. The fourth-order valence-electron chi connectivity index (χ4n) is 2.40. The van der Waals surface area contributed by atoms with E-state index in [9.17, 15) is 31.2 Å². The molecule has 0 aliphatic carbocycles. The minimum absolute atomic E-state index is 0.00667. The second-order valence-electron chi connectivity index (χ2n) is 5.70. The molecule has 0 radical (unpaired) electrons. The summed E-state index contributed by atoms with van der Waals surface area (Å²) in [7, 11) is -3.14. The third-order valence-electron chi connectivity index (χ3n) is 3.56. The normalized spacial score (nSPS) is 19.4. The Labute approximate surface area is 142 Å². The van der Waals surface area contributed by atoms with Crippen LogP contribution in [-0.4, -0.2) is 44.4 Å². The van der Waals surface area contributed by atoms with Crippen molar-refractivity contribution in [3.8, 4) is 0 Å². The Morgan fingerprint density at radius 3 is 2.60 bits per heavy atom. The molecule has 25 heavy (non-hydrogen) atoms. The number of hydrogen-bond acceptors (Lipinski definition) is 5. The number of nitrogens with one attached hydrogen (secondary N) is 1. The van der Waals surface area contributed by atoms with Crippen molar-refractivity contribution in [2.75, 3.05) is 18.1 Å². The summed E-state index contributed by atoms with van der Waals surface area (Å²) in [5.74, 6) is -1.67. The van der Waals surface area contributed by atoms with E-state index in [0.29, 0.717) is 6.42 Å². The monoisotopic (exact) mass is 379 g/mol. The van der Waals surface area contributed by atoms with Gasteiger partial charge in [0, 0.05) is 6.04 Å². The Balaban J connectivity index is 1.80. The van der Waals surface area contributed by atoms with Crippen LogP contribution >= 0.6 is 0 Å². The SMILES string of the molecule is O=C(COC(=O)Cc1cccc(C(F)(F)F)c1)N[C@H]1CCS(=O)(=O)C1. The zero-order valence-corrected chi connectivity index (χ0v) is 13.8. The number of halogens is 3. The standard InChI is InChI=1S/C15H16F3NO5S/c16-15(17,18)11-3-1-2-10(6-11)7-14(21)24-8-13(20)19-12-4-5-25(22,23)9-12/h1-3,6,12H,4-5,7-9H2,(H,19,20)/t12-/m0/s1. The van der Waals surface area contributed by atoms with Crippen molar-refractivity contribution in [3.63, 3.8) is 0 Å². The van der Waals surface area contributed by atoms with Crippen LogP contribution in [0.15, 0.2) is 24.3 Å². The number of esters is 1. The second-order valence-corrected chi connectivity index (χ2v) is 7.93. The third kappa shape index (κ3) is 6.04. The topological polar surface area (TPSA) is 89.5 Å². The van der Waals surface area contributed by atoms with Gasteiger partial charge in [0.1, 0.15) is 0 Å². The molecule has 1 aromatic rings. The van der Waals surface area contributed by atoms with Crippen molar-refractivity contribution < 1.29 is 35.9 Å². The molecule has 1 fully saturated rings. The molecule has 10 heteroatoms. The molecule has 1 N–H and O–H groups in total. The Kier molecular flexibility index (Phi) is 5.71. The third-order valence-corrected chi connectivity index (χ3v) is 5.33. The highest BCUT2D eigenvalue weighted by Gasteiger charge is 2.31. The highest BCUT2D eigenvalue weighted by Crippen LogP contribution is 2.29. The zero-order valence-electron chi connectivity index (χ0n) is 13.0. The fraction of sp³-hybridized carbons (Fsp3) is 0.467. The van der Waals surface area contributed by atoms with Crippen molar-refractivity contribution in [1.29, 1.82) is 0 Å². The summed E-state index contributed by atoms with van der Waals surface area (Å²) >= 11 is 0. The zero-order chi connectivity index (χ0) is 18.7. The lowest BCUT2D eigenvalue weighted by Crippen LogP contribution is -2.38. The maximum absolute atomic E-state index is 12.6. The first-order chi connectivity index (χ1) is 11.5. The van der Waals surface area contributed by atoms with Crippen LogP contribution in [0.1, 0.15) is 17.5 Å². The molecule has 1 saturated heterocycles. The molecule has 0 saturated carbocycles. The van der Waals surface area contributed by atoms with E-state index in [1.165, 1.54) is 12.1 Å². The molecule has 0 bridgehead atoms. The van der Waals surface area contributed by atoms with Gasteiger partial charge in [0.15, 0.2) is 16.4 Å². The minimum Gasteiger partial charge on any atom is -0.455 e. The van der Waals surface area contributed by atoms with E-state index in [4.69, 9.17) is 4.74 Å². The lowest BCUT2D eigenvalue weighted by molar-refractivity contribution is -0.148. The summed E-state index contributed by atoms with van der Waals surface area (Å²) in [4.78, 5) is 23.3. The molecular weight excluding hydrogens is 363 g/mol. The number of hydrogen-bond donors (Lipinski definition) is 1. The maximum atomic E-state index is 12.6. The molecule has 2 rings (SSSR count). The number of rotatable bonds is 5. The predicted octanol–water partition coefficient (Wildman–Crippen LogP) is 1.09. The van der Waals surface area contributed by atoms with Gasteiger partial charge in [-0.25, -0.2) is 8.42 Å². The molecule has 1 atom stereocenters. The van der Waals surface area contributed by atoms with Crippen LogP contribution < -0.4 is 5.32 Å². The molecule has 0 spiro atoms. The van der Waals surface area contributed by atoms with Crippen molar-refractivity contribution >= 4 is 21.7 Å². The highest BCUT2D eigenvalue weighted by atomic mass is 32.2. The Morgan fingerprint density at radius 1 is 1.28 bits per heavy atom. The predicted molar refractivity (Wildman–Crippen MR) is 81.3 cm³/mol. The van der Waals surface area contributed by atoms with Crippen LogP contribution in [0.2, 0.25) is 0 Å². The second kappa shape index (κ2) is 7.42. The molecule has 0 aromatic heterocycles. The number of carbonyl (C=O) groups is 2. The summed E-state index contributed by atoms with van der Waals surface area (Å²) < 4.78 is 65.0. The van der Waals surface area contributed by atoms with E-state index in [2.05, 4.69) is 5.32 Å². The number of sulfone groups is 1. The maximum Gasteiger partial charge on any atom is 0.416 e. The first-order valence-electron chi connectivity index (χ1n) is 7.37. The van der Waals surface area contributed by atoms with Crippen molar-refractivity contribution in [1.82, 2.24) is 5.32 Å². The first kappa shape index (κ1) is 19.2. The van der Waals surface area contributed by atoms with Gasteiger partial charge in [-0.3, -0.25) is 9.59 Å². The molecule has 6 nitrogen and oxygen atoms in total. The molecule has 1 amide bonds. The summed E-state index contributed by atoms with van der Waals surface area (Å²) in [6.07, 6.45) is -4.62. The Bertz CT molecular complexity index is 761. The van der Waals surface area contributed by atoms with Crippen LogP contribution in [0.5, 0.6) is 0 Å². The molecule has 138 valence electrons. The highest BCUT2D eigenvalue weighted by molar-refractivity contribution is 7.91. The van der Waals surface area contributed by atoms with Gasteiger partial charge in [0.05, 0.1) is 23.5 Å². The van der Waals surface area contributed by atoms with Crippen LogP contribution in [0.25, 0.3) is 0 Å². The summed E-state index contributed by atoms with van der Waals surface area (Å²) in [6, 6.07) is 3.74. The minimum atomic E-state index is -4.51.